The molecule has 1 aliphatic heterocycles. The first kappa shape index (κ1) is 29.9. The number of hydrogen-bond donors (Lipinski definition) is 4. The maximum atomic E-state index is 15.9. The number of benzene rings is 2. The van der Waals surface area contributed by atoms with E-state index >= 15 is 8.78 Å². The summed E-state index contributed by atoms with van der Waals surface area (Å²) in [5.74, 6) is -8.72. The van der Waals surface area contributed by atoms with E-state index < -0.39 is 58.6 Å². The van der Waals surface area contributed by atoms with Gasteiger partial charge in [0.25, 0.3) is 17.7 Å². The Morgan fingerprint density at radius 3 is 2.51 bits per heavy atom. The number of phenolic OH excluding ortho intramolecular Hbond substituents is 1. The van der Waals surface area contributed by atoms with Crippen LogP contribution >= 0.6 is 0 Å². The molecular weight excluding hydrogens is 515 g/mol. The Bertz CT molecular complexity index is 1270. The highest BCUT2D eigenvalue weighted by molar-refractivity contribution is 6.01. The fourth-order valence-electron chi connectivity index (χ4n) is 4.59. The van der Waals surface area contributed by atoms with Crippen molar-refractivity contribution in [3.05, 3.63) is 77.6 Å². The van der Waals surface area contributed by atoms with Gasteiger partial charge in [0.1, 0.15) is 17.6 Å². The number of alkyl halides is 2. The Morgan fingerprint density at radius 2 is 1.92 bits per heavy atom. The molecule has 39 heavy (non-hydrogen) atoms. The quantitative estimate of drug-likeness (QED) is 0.359. The fraction of sp³-hybridized carbons (Fsp3) is 0.393. The Morgan fingerprint density at radius 1 is 1.26 bits per heavy atom. The first-order valence-electron chi connectivity index (χ1n) is 12.3. The molecule has 1 heterocycles. The normalized spacial score (nSPS) is 18.2. The zero-order valence-corrected chi connectivity index (χ0v) is 21.9. The maximum absolute atomic E-state index is 15.9. The predicted octanol–water partition coefficient (Wildman–Crippen LogP) is 3.02. The maximum Gasteiger partial charge on any atom is 0.296 e. The smallest absolute Gasteiger partial charge is 0.296 e. The topological polar surface area (TPSA) is 119 Å². The van der Waals surface area contributed by atoms with Crippen molar-refractivity contribution >= 4 is 17.7 Å². The van der Waals surface area contributed by atoms with Crippen LogP contribution in [0.5, 0.6) is 5.75 Å². The van der Waals surface area contributed by atoms with Gasteiger partial charge in [0.05, 0.1) is 6.04 Å². The molecule has 3 rings (SSSR count). The van der Waals surface area contributed by atoms with Gasteiger partial charge < -0.3 is 20.8 Å². The molecule has 1 fully saturated rings. The number of imide groups is 1. The summed E-state index contributed by atoms with van der Waals surface area (Å²) in [6.07, 6.45) is -0.807. The van der Waals surface area contributed by atoms with Crippen molar-refractivity contribution < 1.29 is 37.8 Å². The van der Waals surface area contributed by atoms with Gasteiger partial charge in [0.2, 0.25) is 5.91 Å². The van der Waals surface area contributed by atoms with Gasteiger partial charge in [-0.1, -0.05) is 38.1 Å². The molecule has 8 nitrogen and oxygen atoms in total. The number of amides is 3. The number of rotatable bonds is 9. The molecule has 210 valence electrons. The van der Waals surface area contributed by atoms with E-state index in [1.165, 1.54) is 31.2 Å². The molecule has 1 saturated heterocycles. The number of nitrogens with zero attached hydrogens (tertiary/aromatic N) is 1. The Balaban J connectivity index is 2.03. The molecule has 0 aromatic heterocycles. The van der Waals surface area contributed by atoms with Crippen molar-refractivity contribution in [3.63, 3.8) is 0 Å². The summed E-state index contributed by atoms with van der Waals surface area (Å²) < 4.78 is 45.6. The second-order valence-corrected chi connectivity index (χ2v) is 10.2. The van der Waals surface area contributed by atoms with Gasteiger partial charge in [-0.05, 0) is 49.6 Å². The molecule has 4 N–H and O–H groups in total. The van der Waals surface area contributed by atoms with E-state index in [0.29, 0.717) is 23.9 Å². The molecule has 3 amide bonds. The van der Waals surface area contributed by atoms with Crippen molar-refractivity contribution in [2.75, 3.05) is 13.1 Å². The monoisotopic (exact) mass is 547 g/mol. The molecule has 1 aliphatic rings. The van der Waals surface area contributed by atoms with E-state index in [4.69, 9.17) is 0 Å². The molecule has 0 unspecified atom stereocenters. The molecule has 0 spiro atoms. The summed E-state index contributed by atoms with van der Waals surface area (Å²) in [6.45, 7) is 8.61. The number of carbonyl (C=O) groups excluding carboxylic acids is 3. The van der Waals surface area contributed by atoms with Gasteiger partial charge >= 0.3 is 0 Å². The van der Waals surface area contributed by atoms with Gasteiger partial charge in [-0.2, -0.15) is 8.78 Å². The van der Waals surface area contributed by atoms with E-state index in [1.807, 2.05) is 5.32 Å². The second kappa shape index (κ2) is 11.6. The van der Waals surface area contributed by atoms with E-state index in [9.17, 15) is 29.0 Å². The van der Waals surface area contributed by atoms with Crippen LogP contribution in [-0.4, -0.2) is 64.1 Å². The van der Waals surface area contributed by atoms with Gasteiger partial charge in [-0.3, -0.25) is 19.3 Å². The van der Waals surface area contributed by atoms with Crippen LogP contribution in [0, 0.1) is 18.2 Å². The largest absolute Gasteiger partial charge is 0.508 e. The van der Waals surface area contributed by atoms with Gasteiger partial charge in [0, 0.05) is 23.2 Å². The molecule has 0 aliphatic carbocycles. The Hall–Kier alpha value is -3.70. The molecule has 2 aromatic carbocycles. The minimum atomic E-state index is -4.18. The highest BCUT2D eigenvalue weighted by Crippen LogP contribution is 2.36. The Labute approximate surface area is 224 Å². The van der Waals surface area contributed by atoms with Gasteiger partial charge in [-0.25, -0.2) is 4.39 Å². The van der Waals surface area contributed by atoms with E-state index in [2.05, 4.69) is 11.9 Å². The average Bonchev–Trinajstić information content (AvgIpc) is 3.24. The van der Waals surface area contributed by atoms with Crippen molar-refractivity contribution in [1.82, 2.24) is 15.5 Å². The standard InChI is InChI=1S/C28H32F3N3O5/c1-5-14-34(26(39)23-27(3,4)12-13-32-23)25(38)21(36)22(28(30,31)17-8-6-9-18(29)15-17)33-24(37)19-10-7-11-20(35)16(19)2/h5-11,15,21-23,32,35-36H,1,12-14H2,2-4H3,(H,33,37)/t21-,22+,23-/m0/s1. The summed E-state index contributed by atoms with van der Waals surface area (Å²) in [6, 6.07) is 3.78. The Kier molecular flexibility index (Phi) is 8.87. The average molecular weight is 548 g/mol. The zero-order valence-electron chi connectivity index (χ0n) is 21.9. The highest BCUT2D eigenvalue weighted by atomic mass is 19.3. The van der Waals surface area contributed by atoms with Crippen LogP contribution in [0.1, 0.15) is 41.8 Å². The lowest BCUT2D eigenvalue weighted by Gasteiger charge is -2.35. The number of carbonyl (C=O) groups is 3. The minimum absolute atomic E-state index is 0.0710. The van der Waals surface area contributed by atoms with Crippen LogP contribution in [0.4, 0.5) is 13.2 Å². The van der Waals surface area contributed by atoms with Crippen LogP contribution in [0.3, 0.4) is 0 Å². The van der Waals surface area contributed by atoms with Crippen molar-refractivity contribution in [1.29, 1.82) is 0 Å². The number of phenols is 1. The third kappa shape index (κ3) is 6.15. The van der Waals surface area contributed by atoms with E-state index in [0.717, 1.165) is 18.2 Å². The van der Waals surface area contributed by atoms with Crippen LogP contribution < -0.4 is 10.6 Å². The lowest BCUT2D eigenvalue weighted by atomic mass is 9.84. The number of aromatic hydroxyl groups is 1. The van der Waals surface area contributed by atoms with Crippen molar-refractivity contribution in [2.24, 2.45) is 5.41 Å². The summed E-state index contributed by atoms with van der Waals surface area (Å²) in [7, 11) is 0. The molecule has 2 aromatic rings. The molecule has 0 bridgehead atoms. The van der Waals surface area contributed by atoms with Crippen LogP contribution in [-0.2, 0) is 15.5 Å². The summed E-state index contributed by atoms with van der Waals surface area (Å²) in [4.78, 5) is 40.5. The number of hydrogen-bond acceptors (Lipinski definition) is 6. The lowest BCUT2D eigenvalue weighted by Crippen LogP contribution is -2.61. The first-order chi connectivity index (χ1) is 18.2. The van der Waals surface area contributed by atoms with Crippen LogP contribution in [0.25, 0.3) is 0 Å². The lowest BCUT2D eigenvalue weighted by molar-refractivity contribution is -0.158. The first-order valence-corrected chi connectivity index (χ1v) is 12.3. The zero-order chi connectivity index (χ0) is 29.1. The number of halogens is 3. The minimum Gasteiger partial charge on any atom is -0.508 e. The van der Waals surface area contributed by atoms with Crippen molar-refractivity contribution in [3.8, 4) is 5.75 Å². The molecule has 3 atom stereocenters. The van der Waals surface area contributed by atoms with E-state index in [1.54, 1.807) is 13.8 Å². The molecular formula is C28H32F3N3O5. The van der Waals surface area contributed by atoms with Crippen molar-refractivity contribution in [2.45, 2.75) is 51.3 Å². The number of aliphatic hydroxyl groups is 1. The van der Waals surface area contributed by atoms with Gasteiger partial charge in [-0.15, -0.1) is 6.58 Å². The molecule has 0 saturated carbocycles. The number of aliphatic hydroxyl groups excluding tert-OH is 1. The van der Waals surface area contributed by atoms with E-state index in [-0.39, 0.29) is 23.4 Å². The third-order valence-corrected chi connectivity index (χ3v) is 7.00. The number of nitrogens with one attached hydrogen (secondary N) is 2. The van der Waals surface area contributed by atoms with Crippen LogP contribution in [0.15, 0.2) is 55.1 Å². The van der Waals surface area contributed by atoms with Gasteiger partial charge in [0.15, 0.2) is 6.10 Å². The molecule has 0 radical (unpaired) electrons. The summed E-state index contributed by atoms with van der Waals surface area (Å²) >= 11 is 0. The fourth-order valence-corrected chi connectivity index (χ4v) is 4.59. The second-order valence-electron chi connectivity index (χ2n) is 10.2. The third-order valence-electron chi connectivity index (χ3n) is 7.00. The molecule has 11 heteroatoms. The highest BCUT2D eigenvalue weighted by Gasteiger charge is 2.51. The summed E-state index contributed by atoms with van der Waals surface area (Å²) in [5.41, 5.74) is -1.59. The summed E-state index contributed by atoms with van der Waals surface area (Å²) in [5, 5.41) is 26.0. The predicted molar refractivity (Wildman–Crippen MR) is 138 cm³/mol. The SMILES string of the molecule is C=CCN(C(=O)[C@@H](O)[C@@H](NC(=O)c1cccc(O)c1C)C(F)(F)c1cccc(F)c1)C(=O)[C@@H]1NCCC1(C)C. The van der Waals surface area contributed by atoms with Crippen LogP contribution in [0.2, 0.25) is 0 Å².